The van der Waals surface area contributed by atoms with Crippen LogP contribution in [0.5, 0.6) is 0 Å². The molecule has 0 fully saturated rings. The van der Waals surface area contributed by atoms with Crippen LogP contribution in [0.1, 0.15) is 29.0 Å². The molecule has 2 rings (SSSR count). The first-order chi connectivity index (χ1) is 9.91. The van der Waals surface area contributed by atoms with Crippen LogP contribution in [0.2, 0.25) is 0 Å². The SMILES string of the molecule is CCNC(Cc1cncs1)c1cc(F)ccc1C(F)(F)F. The summed E-state index contributed by atoms with van der Waals surface area (Å²) in [5.41, 5.74) is 0.742. The zero-order valence-corrected chi connectivity index (χ0v) is 12.1. The van der Waals surface area contributed by atoms with Crippen molar-refractivity contribution in [3.05, 3.63) is 51.7 Å². The Morgan fingerprint density at radius 1 is 1.33 bits per heavy atom. The van der Waals surface area contributed by atoms with E-state index in [0.29, 0.717) is 13.0 Å². The van der Waals surface area contributed by atoms with Gasteiger partial charge in [0.15, 0.2) is 0 Å². The number of hydrogen-bond acceptors (Lipinski definition) is 3. The summed E-state index contributed by atoms with van der Waals surface area (Å²) in [5.74, 6) is -0.676. The van der Waals surface area contributed by atoms with Crippen molar-refractivity contribution < 1.29 is 17.6 Å². The van der Waals surface area contributed by atoms with Gasteiger partial charge in [-0.05, 0) is 30.3 Å². The molecule has 1 heterocycles. The molecular weight excluding hydrogens is 304 g/mol. The van der Waals surface area contributed by atoms with Gasteiger partial charge in [-0.3, -0.25) is 4.98 Å². The van der Waals surface area contributed by atoms with Crippen molar-refractivity contribution in [2.45, 2.75) is 25.6 Å². The van der Waals surface area contributed by atoms with Gasteiger partial charge in [-0.1, -0.05) is 6.92 Å². The summed E-state index contributed by atoms with van der Waals surface area (Å²) in [6, 6.07) is 1.98. The van der Waals surface area contributed by atoms with Crippen molar-refractivity contribution in [2.24, 2.45) is 0 Å². The standard InChI is InChI=1S/C14H14F4N2S/c1-2-20-13(6-10-7-19-8-21-10)11-5-9(15)3-4-12(11)14(16,17)18/h3-5,7-8,13,20H,2,6H2,1H3. The third-order valence-corrected chi connectivity index (χ3v) is 3.84. The van der Waals surface area contributed by atoms with Gasteiger partial charge in [-0.2, -0.15) is 13.2 Å². The van der Waals surface area contributed by atoms with Gasteiger partial charge in [0.05, 0.1) is 11.1 Å². The van der Waals surface area contributed by atoms with Gasteiger partial charge in [0.25, 0.3) is 0 Å². The molecule has 1 atom stereocenters. The predicted molar refractivity (Wildman–Crippen MR) is 73.6 cm³/mol. The van der Waals surface area contributed by atoms with E-state index in [9.17, 15) is 17.6 Å². The van der Waals surface area contributed by atoms with Gasteiger partial charge in [0, 0.05) is 23.5 Å². The van der Waals surface area contributed by atoms with E-state index in [1.807, 2.05) is 0 Å². The molecule has 0 aliphatic rings. The molecule has 7 heteroatoms. The van der Waals surface area contributed by atoms with Crippen LogP contribution < -0.4 is 5.32 Å². The van der Waals surface area contributed by atoms with E-state index >= 15 is 0 Å². The molecule has 0 spiro atoms. The molecule has 0 aliphatic heterocycles. The van der Waals surface area contributed by atoms with E-state index in [1.54, 1.807) is 18.6 Å². The molecule has 1 aromatic carbocycles. The number of nitrogens with one attached hydrogen (secondary N) is 1. The summed E-state index contributed by atoms with van der Waals surface area (Å²) in [6.45, 7) is 2.28. The lowest BCUT2D eigenvalue weighted by atomic mass is 9.96. The van der Waals surface area contributed by atoms with Gasteiger partial charge in [0.1, 0.15) is 5.82 Å². The quantitative estimate of drug-likeness (QED) is 0.836. The Morgan fingerprint density at radius 3 is 2.67 bits per heavy atom. The van der Waals surface area contributed by atoms with Crippen molar-refractivity contribution in [1.82, 2.24) is 10.3 Å². The van der Waals surface area contributed by atoms with Gasteiger partial charge < -0.3 is 5.32 Å². The number of aromatic nitrogens is 1. The number of thiazole rings is 1. The summed E-state index contributed by atoms with van der Waals surface area (Å²) >= 11 is 1.36. The van der Waals surface area contributed by atoms with E-state index < -0.39 is 23.6 Å². The number of hydrogen-bond donors (Lipinski definition) is 1. The average Bonchev–Trinajstić information content (AvgIpc) is 2.89. The molecule has 2 nitrogen and oxygen atoms in total. The summed E-state index contributed by atoms with van der Waals surface area (Å²) < 4.78 is 52.7. The number of likely N-dealkylation sites (N-methyl/N-ethyl adjacent to an activating group) is 1. The van der Waals surface area contributed by atoms with Gasteiger partial charge in [0.2, 0.25) is 0 Å². The second kappa shape index (κ2) is 6.53. The first kappa shape index (κ1) is 15.9. The summed E-state index contributed by atoms with van der Waals surface area (Å²) in [5, 5.41) is 2.99. The molecular formula is C14H14F4N2S. The number of halogens is 4. The Morgan fingerprint density at radius 2 is 2.10 bits per heavy atom. The zero-order chi connectivity index (χ0) is 15.5. The van der Waals surface area contributed by atoms with Crippen LogP contribution in [-0.4, -0.2) is 11.5 Å². The van der Waals surface area contributed by atoms with Crippen LogP contribution in [0, 0.1) is 5.82 Å². The first-order valence-corrected chi connectivity index (χ1v) is 7.27. The molecule has 0 saturated carbocycles. The van der Waals surface area contributed by atoms with Crippen LogP contribution in [0.4, 0.5) is 17.6 Å². The zero-order valence-electron chi connectivity index (χ0n) is 11.2. The molecule has 0 radical (unpaired) electrons. The molecule has 0 saturated heterocycles. The maximum absolute atomic E-state index is 13.4. The molecule has 21 heavy (non-hydrogen) atoms. The Labute approximate surface area is 123 Å². The van der Waals surface area contributed by atoms with Crippen LogP contribution >= 0.6 is 11.3 Å². The van der Waals surface area contributed by atoms with Crippen LogP contribution in [-0.2, 0) is 12.6 Å². The second-order valence-corrected chi connectivity index (χ2v) is 5.48. The fraction of sp³-hybridized carbons (Fsp3) is 0.357. The highest BCUT2D eigenvalue weighted by Crippen LogP contribution is 2.36. The highest BCUT2D eigenvalue weighted by Gasteiger charge is 2.35. The van der Waals surface area contributed by atoms with Crippen molar-refractivity contribution in [3.8, 4) is 0 Å². The second-order valence-electron chi connectivity index (χ2n) is 4.51. The fourth-order valence-corrected chi connectivity index (χ4v) is 2.80. The summed E-state index contributed by atoms with van der Waals surface area (Å²) in [7, 11) is 0. The number of rotatable bonds is 5. The van der Waals surface area contributed by atoms with E-state index in [0.717, 1.165) is 23.1 Å². The van der Waals surface area contributed by atoms with Crippen LogP contribution in [0.3, 0.4) is 0 Å². The summed E-state index contributed by atoms with van der Waals surface area (Å²) in [4.78, 5) is 4.76. The molecule has 1 N–H and O–H groups in total. The average molecular weight is 318 g/mol. The monoisotopic (exact) mass is 318 g/mol. The Hall–Kier alpha value is -1.47. The third kappa shape index (κ3) is 4.01. The van der Waals surface area contributed by atoms with Gasteiger partial charge >= 0.3 is 6.18 Å². The minimum atomic E-state index is -4.51. The highest BCUT2D eigenvalue weighted by atomic mass is 32.1. The topological polar surface area (TPSA) is 24.9 Å². The molecule has 1 aromatic heterocycles. The molecule has 0 amide bonds. The molecule has 2 aromatic rings. The largest absolute Gasteiger partial charge is 0.416 e. The van der Waals surface area contributed by atoms with Crippen molar-refractivity contribution >= 4 is 11.3 Å². The predicted octanol–water partition coefficient (Wildman–Crippen LogP) is 4.19. The van der Waals surface area contributed by atoms with Crippen LogP contribution in [0.15, 0.2) is 29.9 Å². The van der Waals surface area contributed by atoms with E-state index in [1.165, 1.54) is 11.3 Å². The smallest absolute Gasteiger partial charge is 0.310 e. The number of alkyl halides is 3. The van der Waals surface area contributed by atoms with Gasteiger partial charge in [-0.15, -0.1) is 11.3 Å². The highest BCUT2D eigenvalue weighted by molar-refractivity contribution is 7.09. The van der Waals surface area contributed by atoms with Crippen molar-refractivity contribution in [3.63, 3.8) is 0 Å². The van der Waals surface area contributed by atoms with Crippen molar-refractivity contribution in [2.75, 3.05) is 6.54 Å². The lowest BCUT2D eigenvalue weighted by molar-refractivity contribution is -0.138. The maximum Gasteiger partial charge on any atom is 0.416 e. The Kier molecular flexibility index (Phi) is 4.95. The Balaban J connectivity index is 2.41. The van der Waals surface area contributed by atoms with Gasteiger partial charge in [-0.25, -0.2) is 4.39 Å². The number of nitrogens with zero attached hydrogens (tertiary/aromatic N) is 1. The lowest BCUT2D eigenvalue weighted by Gasteiger charge is -2.22. The fourth-order valence-electron chi connectivity index (χ4n) is 2.16. The van der Waals surface area contributed by atoms with Crippen molar-refractivity contribution in [1.29, 1.82) is 0 Å². The molecule has 1 unspecified atom stereocenters. The normalized spacial score (nSPS) is 13.4. The minimum absolute atomic E-state index is 0.0715. The lowest BCUT2D eigenvalue weighted by Crippen LogP contribution is -2.25. The minimum Gasteiger partial charge on any atom is -0.310 e. The molecule has 0 bridgehead atoms. The van der Waals surface area contributed by atoms with Crippen LogP contribution in [0.25, 0.3) is 0 Å². The summed E-state index contributed by atoms with van der Waals surface area (Å²) in [6.07, 6.45) is -2.56. The molecule has 114 valence electrons. The molecule has 0 aliphatic carbocycles. The van der Waals surface area contributed by atoms with E-state index in [4.69, 9.17) is 0 Å². The third-order valence-electron chi connectivity index (χ3n) is 3.03. The Bertz CT molecular complexity index is 581. The van der Waals surface area contributed by atoms with E-state index in [-0.39, 0.29) is 5.56 Å². The maximum atomic E-state index is 13.4. The number of benzene rings is 1. The first-order valence-electron chi connectivity index (χ1n) is 6.39. The van der Waals surface area contributed by atoms with E-state index in [2.05, 4.69) is 10.3 Å².